The summed E-state index contributed by atoms with van der Waals surface area (Å²) in [5, 5.41) is 11.4. The fourth-order valence-corrected chi connectivity index (χ4v) is 4.44. The first kappa shape index (κ1) is 21.1. The Morgan fingerprint density at radius 2 is 1.81 bits per heavy atom. The Hall–Kier alpha value is -3.13. The van der Waals surface area contributed by atoms with Gasteiger partial charge in [-0.3, -0.25) is 14.9 Å². The van der Waals surface area contributed by atoms with Crippen LogP contribution in [0.5, 0.6) is 0 Å². The summed E-state index contributed by atoms with van der Waals surface area (Å²) < 4.78 is 5.15. The lowest BCUT2D eigenvalue weighted by Crippen LogP contribution is -2.22. The number of anilines is 3. The van der Waals surface area contributed by atoms with Crippen molar-refractivity contribution in [2.75, 3.05) is 16.0 Å². The molecule has 0 radical (unpaired) electrons. The summed E-state index contributed by atoms with van der Waals surface area (Å²) in [5.41, 5.74) is 2.91. The molecule has 0 spiro atoms. The summed E-state index contributed by atoms with van der Waals surface area (Å²) in [4.78, 5) is 29.0. The number of hydrogen-bond donors (Lipinski definition) is 3. The molecule has 3 aromatic rings. The molecule has 3 N–H and O–H groups in total. The molecular formula is C23H26N4O3S. The summed E-state index contributed by atoms with van der Waals surface area (Å²) >= 11 is 1.29. The smallest absolute Gasteiger partial charge is 0.260 e. The van der Waals surface area contributed by atoms with E-state index in [-0.39, 0.29) is 18.2 Å². The molecule has 0 atom stereocenters. The second kappa shape index (κ2) is 9.78. The molecule has 7 nitrogen and oxygen atoms in total. The van der Waals surface area contributed by atoms with Crippen LogP contribution in [0.25, 0.3) is 0 Å². The van der Waals surface area contributed by atoms with E-state index in [0.717, 1.165) is 11.4 Å². The van der Waals surface area contributed by atoms with Gasteiger partial charge < -0.3 is 15.1 Å². The Labute approximate surface area is 185 Å². The van der Waals surface area contributed by atoms with Crippen LogP contribution in [0.1, 0.15) is 53.9 Å². The number of nitrogens with one attached hydrogen (secondary N) is 3. The van der Waals surface area contributed by atoms with Gasteiger partial charge in [-0.25, -0.2) is 4.98 Å². The third kappa shape index (κ3) is 5.73. The largest absolute Gasteiger partial charge is 0.469 e. The summed E-state index contributed by atoms with van der Waals surface area (Å²) in [6, 6.07) is 9.97. The van der Waals surface area contributed by atoms with E-state index in [2.05, 4.69) is 20.9 Å². The minimum atomic E-state index is -0.279. The van der Waals surface area contributed by atoms with Crippen molar-refractivity contribution in [2.45, 2.75) is 51.5 Å². The quantitative estimate of drug-likeness (QED) is 0.470. The first-order valence-corrected chi connectivity index (χ1v) is 11.4. The van der Waals surface area contributed by atoms with Crippen molar-refractivity contribution in [1.82, 2.24) is 4.98 Å². The Balaban J connectivity index is 1.27. The topological polar surface area (TPSA) is 96.3 Å². The SMILES string of the molecule is Cc1occc1C(=O)Nc1nc(CC(=O)Nc2ccc(NC3CCCCC3)cc2)cs1. The highest BCUT2D eigenvalue weighted by atomic mass is 32.1. The Morgan fingerprint density at radius 3 is 2.52 bits per heavy atom. The molecule has 162 valence electrons. The summed E-state index contributed by atoms with van der Waals surface area (Å²) in [5.74, 6) is 0.119. The number of amides is 2. The highest BCUT2D eigenvalue weighted by Crippen LogP contribution is 2.23. The van der Waals surface area contributed by atoms with Gasteiger partial charge in [-0.15, -0.1) is 11.3 Å². The van der Waals surface area contributed by atoms with E-state index >= 15 is 0 Å². The van der Waals surface area contributed by atoms with E-state index in [1.165, 1.54) is 49.7 Å². The van der Waals surface area contributed by atoms with Gasteiger partial charge in [0.25, 0.3) is 5.91 Å². The average molecular weight is 439 g/mol. The van der Waals surface area contributed by atoms with Gasteiger partial charge in [0.1, 0.15) is 5.76 Å². The van der Waals surface area contributed by atoms with Crippen LogP contribution in [0.2, 0.25) is 0 Å². The molecule has 0 saturated heterocycles. The number of aromatic nitrogens is 1. The second-order valence-electron chi connectivity index (χ2n) is 7.77. The standard InChI is InChI=1S/C23H26N4O3S/c1-15-20(11-12-30-15)22(29)27-23-26-19(14-31-23)13-21(28)25-18-9-7-17(8-10-18)24-16-5-3-2-4-6-16/h7-12,14,16,24H,2-6,13H2,1H3,(H,25,28)(H,26,27,29). The maximum absolute atomic E-state index is 12.4. The summed E-state index contributed by atoms with van der Waals surface area (Å²) in [7, 11) is 0. The van der Waals surface area contributed by atoms with Crippen molar-refractivity contribution in [3.05, 3.63) is 59.0 Å². The highest BCUT2D eigenvalue weighted by Gasteiger charge is 2.15. The number of carbonyl (C=O) groups excluding carboxylic acids is 2. The summed E-state index contributed by atoms with van der Waals surface area (Å²) in [6.07, 6.45) is 7.96. The molecule has 0 aliphatic heterocycles. The Kier molecular flexibility index (Phi) is 6.66. The molecule has 2 heterocycles. The Bertz CT molecular complexity index is 1040. The molecule has 1 aliphatic rings. The van der Waals surface area contributed by atoms with Crippen molar-refractivity contribution in [3.8, 4) is 0 Å². The van der Waals surface area contributed by atoms with Crippen LogP contribution < -0.4 is 16.0 Å². The van der Waals surface area contributed by atoms with E-state index in [0.29, 0.717) is 28.2 Å². The van der Waals surface area contributed by atoms with Crippen molar-refractivity contribution >= 4 is 39.7 Å². The van der Waals surface area contributed by atoms with Gasteiger partial charge in [-0.05, 0) is 50.1 Å². The van der Waals surface area contributed by atoms with Crippen molar-refractivity contribution in [2.24, 2.45) is 0 Å². The number of thiazole rings is 1. The number of hydrogen-bond acceptors (Lipinski definition) is 6. The molecule has 4 rings (SSSR count). The lowest BCUT2D eigenvalue weighted by Gasteiger charge is -2.23. The third-order valence-electron chi connectivity index (χ3n) is 5.36. The fourth-order valence-electron chi connectivity index (χ4n) is 3.73. The number of benzene rings is 1. The van der Waals surface area contributed by atoms with Gasteiger partial charge in [-0.1, -0.05) is 19.3 Å². The fraction of sp³-hybridized carbons (Fsp3) is 0.348. The average Bonchev–Trinajstić information content (AvgIpc) is 3.39. The zero-order valence-corrected chi connectivity index (χ0v) is 18.3. The van der Waals surface area contributed by atoms with Gasteiger partial charge in [0.15, 0.2) is 5.13 Å². The van der Waals surface area contributed by atoms with Crippen molar-refractivity contribution in [3.63, 3.8) is 0 Å². The maximum Gasteiger partial charge on any atom is 0.260 e. The first-order chi connectivity index (χ1) is 15.1. The number of carbonyl (C=O) groups is 2. The molecule has 0 bridgehead atoms. The number of furan rings is 1. The van der Waals surface area contributed by atoms with Gasteiger partial charge in [-0.2, -0.15) is 0 Å². The van der Waals surface area contributed by atoms with Crippen LogP contribution in [0.3, 0.4) is 0 Å². The molecule has 31 heavy (non-hydrogen) atoms. The zero-order valence-electron chi connectivity index (χ0n) is 17.4. The lowest BCUT2D eigenvalue weighted by atomic mass is 9.95. The van der Waals surface area contributed by atoms with Crippen LogP contribution in [0.15, 0.2) is 46.4 Å². The minimum Gasteiger partial charge on any atom is -0.469 e. The maximum atomic E-state index is 12.4. The van der Waals surface area contributed by atoms with Gasteiger partial charge in [0, 0.05) is 22.8 Å². The third-order valence-corrected chi connectivity index (χ3v) is 6.17. The predicted octanol–water partition coefficient (Wildman–Crippen LogP) is 5.22. The van der Waals surface area contributed by atoms with Crippen molar-refractivity contribution < 1.29 is 14.0 Å². The second-order valence-corrected chi connectivity index (χ2v) is 8.63. The monoisotopic (exact) mass is 438 g/mol. The van der Waals surface area contributed by atoms with Crippen LogP contribution >= 0.6 is 11.3 Å². The van der Waals surface area contributed by atoms with Crippen LogP contribution in [0, 0.1) is 6.92 Å². The molecule has 2 aromatic heterocycles. The lowest BCUT2D eigenvalue weighted by molar-refractivity contribution is -0.115. The first-order valence-electron chi connectivity index (χ1n) is 10.5. The molecule has 0 unspecified atom stereocenters. The molecule has 1 aliphatic carbocycles. The summed E-state index contributed by atoms with van der Waals surface area (Å²) in [6.45, 7) is 1.73. The number of rotatable bonds is 7. The van der Waals surface area contributed by atoms with Crippen LogP contribution in [0.4, 0.5) is 16.5 Å². The van der Waals surface area contributed by atoms with Gasteiger partial charge >= 0.3 is 0 Å². The van der Waals surface area contributed by atoms with E-state index < -0.39 is 0 Å². The molecule has 2 amide bonds. The normalized spacial score (nSPS) is 14.2. The minimum absolute atomic E-state index is 0.138. The predicted molar refractivity (Wildman–Crippen MR) is 123 cm³/mol. The molecule has 8 heteroatoms. The highest BCUT2D eigenvalue weighted by molar-refractivity contribution is 7.14. The Morgan fingerprint density at radius 1 is 1.06 bits per heavy atom. The van der Waals surface area contributed by atoms with Gasteiger partial charge in [0.2, 0.25) is 5.91 Å². The van der Waals surface area contributed by atoms with Crippen LogP contribution in [-0.4, -0.2) is 22.8 Å². The van der Waals surface area contributed by atoms with E-state index in [1.807, 2.05) is 24.3 Å². The molecule has 1 saturated carbocycles. The van der Waals surface area contributed by atoms with E-state index in [9.17, 15) is 9.59 Å². The van der Waals surface area contributed by atoms with E-state index in [1.54, 1.807) is 18.4 Å². The molecule has 1 fully saturated rings. The van der Waals surface area contributed by atoms with Crippen LogP contribution in [-0.2, 0) is 11.2 Å². The number of aryl methyl sites for hydroxylation is 1. The molecule has 1 aromatic carbocycles. The van der Waals surface area contributed by atoms with Crippen molar-refractivity contribution in [1.29, 1.82) is 0 Å². The molecular weight excluding hydrogens is 412 g/mol. The zero-order chi connectivity index (χ0) is 21.6. The van der Waals surface area contributed by atoms with E-state index in [4.69, 9.17) is 4.42 Å². The number of nitrogens with zero attached hydrogens (tertiary/aromatic N) is 1. The van der Waals surface area contributed by atoms with Gasteiger partial charge in [0.05, 0.1) is 23.9 Å².